The highest BCUT2D eigenvalue weighted by Gasteiger charge is 2.42. The highest BCUT2D eigenvalue weighted by molar-refractivity contribution is 5.79. The number of rotatable bonds is 5. The first kappa shape index (κ1) is 11.6. The highest BCUT2D eigenvalue weighted by atomic mass is 16.1. The number of nitrogens with one attached hydrogen (secondary N) is 1. The first-order chi connectivity index (χ1) is 8.72. The average Bonchev–Trinajstić information content (AvgIpc) is 3.18. The normalized spacial score (nSPS) is 18.9. The van der Waals surface area contributed by atoms with Gasteiger partial charge in [-0.2, -0.15) is 0 Å². The zero-order valence-corrected chi connectivity index (χ0v) is 10.6. The van der Waals surface area contributed by atoms with Gasteiger partial charge in [0.25, 0.3) is 0 Å². The Labute approximate surface area is 108 Å². The molecule has 3 rings (SSSR count). The van der Waals surface area contributed by atoms with E-state index in [4.69, 9.17) is 5.73 Å². The molecule has 0 unspecified atom stereocenters. The smallest absolute Gasteiger partial charge is 0.224 e. The number of nitrogens with two attached hydrogens (primary N) is 1. The first-order valence-corrected chi connectivity index (χ1v) is 6.86. The predicted molar refractivity (Wildman–Crippen MR) is 71.9 cm³/mol. The van der Waals surface area contributed by atoms with Crippen LogP contribution in [0.3, 0.4) is 0 Å². The van der Waals surface area contributed by atoms with Gasteiger partial charge in [-0.25, -0.2) is 0 Å². The molecule has 0 radical (unpaired) electrons. The summed E-state index contributed by atoms with van der Waals surface area (Å²) in [4.78, 5) is 12.0. The molecule has 0 bridgehead atoms. The van der Waals surface area contributed by atoms with Gasteiger partial charge in [-0.15, -0.1) is 0 Å². The molecule has 2 fully saturated rings. The van der Waals surface area contributed by atoms with Crippen molar-refractivity contribution in [3.05, 3.63) is 29.8 Å². The monoisotopic (exact) mass is 244 g/mol. The minimum absolute atomic E-state index is 0.143. The molecule has 96 valence electrons. The molecule has 0 spiro atoms. The molecule has 3 heteroatoms. The molecular weight excluding hydrogens is 224 g/mol. The van der Waals surface area contributed by atoms with E-state index in [0.717, 1.165) is 23.1 Å². The highest BCUT2D eigenvalue weighted by Crippen LogP contribution is 2.44. The molecular formula is C15H20N2O. The summed E-state index contributed by atoms with van der Waals surface area (Å²) in [7, 11) is 0. The SMILES string of the molecule is Nc1cccc(CC(=O)NC(C2CC2)C2CC2)c1. The van der Waals surface area contributed by atoms with E-state index in [1.807, 2.05) is 24.3 Å². The molecule has 1 aromatic carbocycles. The molecule has 0 atom stereocenters. The van der Waals surface area contributed by atoms with E-state index >= 15 is 0 Å². The fourth-order valence-electron chi connectivity index (χ4n) is 2.66. The van der Waals surface area contributed by atoms with Gasteiger partial charge in [-0.05, 0) is 55.2 Å². The van der Waals surface area contributed by atoms with E-state index in [1.165, 1.54) is 25.7 Å². The Balaban J connectivity index is 1.57. The second-order valence-electron chi connectivity index (χ2n) is 5.69. The van der Waals surface area contributed by atoms with Crippen LogP contribution >= 0.6 is 0 Å². The van der Waals surface area contributed by atoms with Gasteiger partial charge in [0.15, 0.2) is 0 Å². The van der Waals surface area contributed by atoms with Crippen LogP contribution in [0.4, 0.5) is 5.69 Å². The van der Waals surface area contributed by atoms with Gasteiger partial charge in [0, 0.05) is 11.7 Å². The molecule has 2 saturated carbocycles. The van der Waals surface area contributed by atoms with Gasteiger partial charge in [0.1, 0.15) is 0 Å². The summed E-state index contributed by atoms with van der Waals surface area (Å²) >= 11 is 0. The topological polar surface area (TPSA) is 55.1 Å². The standard InChI is InChI=1S/C15H20N2O/c16-13-3-1-2-10(8-13)9-14(18)17-15(11-4-5-11)12-6-7-12/h1-3,8,11-12,15H,4-7,9,16H2,(H,17,18). The number of hydrogen-bond donors (Lipinski definition) is 2. The molecule has 3 N–H and O–H groups in total. The summed E-state index contributed by atoms with van der Waals surface area (Å²) in [6.45, 7) is 0. The number of hydrogen-bond acceptors (Lipinski definition) is 2. The Hall–Kier alpha value is -1.51. The third-order valence-corrected chi connectivity index (χ3v) is 3.90. The minimum Gasteiger partial charge on any atom is -0.399 e. The van der Waals surface area contributed by atoms with Crippen LogP contribution in [0.1, 0.15) is 31.2 Å². The Morgan fingerprint density at radius 3 is 2.50 bits per heavy atom. The summed E-state index contributed by atoms with van der Waals surface area (Å²) in [6.07, 6.45) is 5.61. The van der Waals surface area contributed by atoms with Crippen LogP contribution in [-0.4, -0.2) is 11.9 Å². The number of benzene rings is 1. The molecule has 3 nitrogen and oxygen atoms in total. The lowest BCUT2D eigenvalue weighted by Crippen LogP contribution is -2.38. The lowest BCUT2D eigenvalue weighted by Gasteiger charge is -2.17. The van der Waals surface area contributed by atoms with E-state index in [1.54, 1.807) is 0 Å². The van der Waals surface area contributed by atoms with Crippen LogP contribution < -0.4 is 11.1 Å². The first-order valence-electron chi connectivity index (χ1n) is 6.86. The van der Waals surface area contributed by atoms with Crippen molar-refractivity contribution in [1.29, 1.82) is 0 Å². The van der Waals surface area contributed by atoms with Crippen molar-refractivity contribution in [2.24, 2.45) is 11.8 Å². The van der Waals surface area contributed by atoms with Crippen molar-refractivity contribution in [3.63, 3.8) is 0 Å². The quantitative estimate of drug-likeness (QED) is 0.779. The van der Waals surface area contributed by atoms with Crippen LogP contribution in [0.2, 0.25) is 0 Å². The third-order valence-electron chi connectivity index (χ3n) is 3.90. The molecule has 1 amide bonds. The van der Waals surface area contributed by atoms with Gasteiger partial charge in [-0.3, -0.25) is 4.79 Å². The van der Waals surface area contributed by atoms with Crippen molar-refractivity contribution in [2.75, 3.05) is 5.73 Å². The molecule has 0 saturated heterocycles. The van der Waals surface area contributed by atoms with Crippen molar-refractivity contribution in [2.45, 2.75) is 38.1 Å². The Bertz CT molecular complexity index is 438. The van der Waals surface area contributed by atoms with Gasteiger partial charge >= 0.3 is 0 Å². The summed E-state index contributed by atoms with van der Waals surface area (Å²) < 4.78 is 0. The Morgan fingerprint density at radius 2 is 1.94 bits per heavy atom. The van der Waals surface area contributed by atoms with E-state index in [-0.39, 0.29) is 5.91 Å². The summed E-state index contributed by atoms with van der Waals surface area (Å²) in [5, 5.41) is 3.23. The summed E-state index contributed by atoms with van der Waals surface area (Å²) in [6, 6.07) is 8.02. The van der Waals surface area contributed by atoms with Gasteiger partial charge in [0.05, 0.1) is 6.42 Å². The zero-order valence-electron chi connectivity index (χ0n) is 10.6. The van der Waals surface area contributed by atoms with Crippen molar-refractivity contribution in [1.82, 2.24) is 5.32 Å². The second-order valence-corrected chi connectivity index (χ2v) is 5.69. The number of carbonyl (C=O) groups is 1. The fourth-order valence-corrected chi connectivity index (χ4v) is 2.66. The molecule has 0 aliphatic heterocycles. The number of amides is 1. The molecule has 18 heavy (non-hydrogen) atoms. The van der Waals surface area contributed by atoms with Crippen LogP contribution in [0.15, 0.2) is 24.3 Å². The molecule has 2 aliphatic carbocycles. The summed E-state index contributed by atoms with van der Waals surface area (Å²) in [5.74, 6) is 1.65. The van der Waals surface area contributed by atoms with Crippen LogP contribution in [0.5, 0.6) is 0 Å². The van der Waals surface area contributed by atoms with Gasteiger partial charge in [0.2, 0.25) is 5.91 Å². The maximum absolute atomic E-state index is 12.0. The minimum atomic E-state index is 0.143. The van der Waals surface area contributed by atoms with E-state index in [0.29, 0.717) is 12.5 Å². The van der Waals surface area contributed by atoms with Crippen molar-refractivity contribution >= 4 is 11.6 Å². The predicted octanol–water partition coefficient (Wildman–Crippen LogP) is 2.12. The van der Waals surface area contributed by atoms with Crippen LogP contribution in [0, 0.1) is 11.8 Å². The Kier molecular flexibility index (Phi) is 2.98. The lowest BCUT2D eigenvalue weighted by atomic mass is 10.1. The van der Waals surface area contributed by atoms with Crippen molar-refractivity contribution < 1.29 is 4.79 Å². The van der Waals surface area contributed by atoms with Crippen LogP contribution in [0.25, 0.3) is 0 Å². The molecule has 0 aromatic heterocycles. The largest absolute Gasteiger partial charge is 0.399 e. The molecule has 2 aliphatic rings. The van der Waals surface area contributed by atoms with Gasteiger partial charge < -0.3 is 11.1 Å². The third kappa shape index (κ3) is 2.84. The van der Waals surface area contributed by atoms with E-state index < -0.39 is 0 Å². The average molecular weight is 244 g/mol. The van der Waals surface area contributed by atoms with Crippen LogP contribution in [-0.2, 0) is 11.2 Å². The van der Waals surface area contributed by atoms with E-state index in [9.17, 15) is 4.79 Å². The molecule has 1 aromatic rings. The fraction of sp³-hybridized carbons (Fsp3) is 0.533. The van der Waals surface area contributed by atoms with Gasteiger partial charge in [-0.1, -0.05) is 12.1 Å². The Morgan fingerprint density at radius 1 is 1.28 bits per heavy atom. The lowest BCUT2D eigenvalue weighted by molar-refractivity contribution is -0.121. The second kappa shape index (κ2) is 4.63. The maximum Gasteiger partial charge on any atom is 0.224 e. The number of carbonyl (C=O) groups excluding carboxylic acids is 1. The summed E-state index contributed by atoms with van der Waals surface area (Å²) in [5.41, 5.74) is 7.44. The molecule has 0 heterocycles. The maximum atomic E-state index is 12.0. The number of anilines is 1. The van der Waals surface area contributed by atoms with E-state index in [2.05, 4.69) is 5.32 Å². The zero-order chi connectivity index (χ0) is 12.5. The van der Waals surface area contributed by atoms with Crippen molar-refractivity contribution in [3.8, 4) is 0 Å². The number of nitrogen functional groups attached to an aromatic ring is 1.